The SMILES string of the molecule is CC(O)CN(C)C(=O)CCCCCCN. The lowest BCUT2D eigenvalue weighted by Gasteiger charge is -2.18. The van der Waals surface area contributed by atoms with Crippen LogP contribution in [-0.4, -0.2) is 42.2 Å². The van der Waals surface area contributed by atoms with Crippen LogP contribution in [-0.2, 0) is 4.79 Å². The molecule has 0 aromatic rings. The van der Waals surface area contributed by atoms with Crippen molar-refractivity contribution < 1.29 is 9.90 Å². The van der Waals surface area contributed by atoms with Gasteiger partial charge in [-0.2, -0.15) is 0 Å². The van der Waals surface area contributed by atoms with Gasteiger partial charge in [0.25, 0.3) is 0 Å². The molecule has 1 amide bonds. The molecule has 0 bridgehead atoms. The maximum Gasteiger partial charge on any atom is 0.222 e. The molecule has 1 unspecified atom stereocenters. The lowest BCUT2D eigenvalue weighted by Crippen LogP contribution is -2.32. The van der Waals surface area contributed by atoms with E-state index in [4.69, 9.17) is 10.8 Å². The number of hydrogen-bond donors (Lipinski definition) is 2. The van der Waals surface area contributed by atoms with Crippen LogP contribution in [0.4, 0.5) is 0 Å². The second-order valence-corrected chi connectivity index (χ2v) is 4.08. The van der Waals surface area contributed by atoms with Crippen molar-refractivity contribution in [3.63, 3.8) is 0 Å². The Labute approximate surface area is 92.4 Å². The highest BCUT2D eigenvalue weighted by atomic mass is 16.3. The summed E-state index contributed by atoms with van der Waals surface area (Å²) in [5, 5.41) is 9.11. The predicted octanol–water partition coefficient (Wildman–Crippen LogP) is 0.735. The monoisotopic (exact) mass is 216 g/mol. The average molecular weight is 216 g/mol. The Morgan fingerprint density at radius 1 is 1.33 bits per heavy atom. The second kappa shape index (κ2) is 8.68. The van der Waals surface area contributed by atoms with E-state index >= 15 is 0 Å². The first-order chi connectivity index (χ1) is 7.07. The van der Waals surface area contributed by atoms with Gasteiger partial charge in [-0.05, 0) is 26.3 Å². The molecule has 0 aromatic heterocycles. The Hall–Kier alpha value is -0.610. The van der Waals surface area contributed by atoms with Crippen LogP contribution < -0.4 is 5.73 Å². The molecule has 1 atom stereocenters. The number of carbonyl (C=O) groups is 1. The van der Waals surface area contributed by atoms with Gasteiger partial charge >= 0.3 is 0 Å². The Morgan fingerprint density at radius 2 is 1.93 bits per heavy atom. The fraction of sp³-hybridized carbons (Fsp3) is 0.909. The maximum atomic E-state index is 11.5. The molecule has 0 saturated heterocycles. The number of nitrogens with two attached hydrogens (primary N) is 1. The molecule has 0 aromatic carbocycles. The van der Waals surface area contributed by atoms with Crippen molar-refractivity contribution in [2.45, 2.75) is 45.1 Å². The summed E-state index contributed by atoms with van der Waals surface area (Å²) in [5.74, 6) is 0.114. The van der Waals surface area contributed by atoms with E-state index in [1.807, 2.05) is 0 Å². The molecule has 3 N–H and O–H groups in total. The third-order valence-electron chi connectivity index (χ3n) is 2.31. The van der Waals surface area contributed by atoms with Gasteiger partial charge in [0.2, 0.25) is 5.91 Å². The molecule has 4 nitrogen and oxygen atoms in total. The van der Waals surface area contributed by atoms with Crippen LogP contribution in [0.3, 0.4) is 0 Å². The molecule has 90 valence electrons. The van der Waals surface area contributed by atoms with E-state index in [1.165, 1.54) is 0 Å². The normalized spacial score (nSPS) is 12.5. The molecular formula is C11H24N2O2. The van der Waals surface area contributed by atoms with Crippen molar-refractivity contribution in [1.82, 2.24) is 4.90 Å². The zero-order valence-corrected chi connectivity index (χ0v) is 9.91. The largest absolute Gasteiger partial charge is 0.392 e. The van der Waals surface area contributed by atoms with E-state index in [1.54, 1.807) is 18.9 Å². The van der Waals surface area contributed by atoms with Crippen LogP contribution >= 0.6 is 0 Å². The van der Waals surface area contributed by atoms with Gasteiger partial charge in [0, 0.05) is 20.0 Å². The third-order valence-corrected chi connectivity index (χ3v) is 2.31. The number of carbonyl (C=O) groups excluding carboxylic acids is 1. The van der Waals surface area contributed by atoms with Crippen LogP contribution in [0.5, 0.6) is 0 Å². The van der Waals surface area contributed by atoms with Crippen molar-refractivity contribution in [2.75, 3.05) is 20.1 Å². The Kier molecular flexibility index (Phi) is 8.33. The van der Waals surface area contributed by atoms with Crippen molar-refractivity contribution in [3.8, 4) is 0 Å². The second-order valence-electron chi connectivity index (χ2n) is 4.08. The van der Waals surface area contributed by atoms with E-state index in [0.717, 1.165) is 32.2 Å². The molecule has 0 radical (unpaired) electrons. The lowest BCUT2D eigenvalue weighted by molar-refractivity contribution is -0.131. The minimum atomic E-state index is -0.448. The lowest BCUT2D eigenvalue weighted by atomic mass is 10.1. The first-order valence-corrected chi connectivity index (χ1v) is 5.70. The highest BCUT2D eigenvalue weighted by Crippen LogP contribution is 2.04. The van der Waals surface area contributed by atoms with Crippen molar-refractivity contribution in [1.29, 1.82) is 0 Å². The number of hydrogen-bond acceptors (Lipinski definition) is 3. The maximum absolute atomic E-state index is 11.5. The van der Waals surface area contributed by atoms with E-state index in [2.05, 4.69) is 0 Å². The average Bonchev–Trinajstić information content (AvgIpc) is 2.16. The van der Waals surface area contributed by atoms with Crippen LogP contribution in [0.25, 0.3) is 0 Å². The number of aliphatic hydroxyl groups excluding tert-OH is 1. The molecule has 15 heavy (non-hydrogen) atoms. The summed E-state index contributed by atoms with van der Waals surface area (Å²) in [6, 6.07) is 0. The fourth-order valence-corrected chi connectivity index (χ4v) is 1.46. The van der Waals surface area contributed by atoms with Gasteiger partial charge in [-0.25, -0.2) is 0 Å². The van der Waals surface area contributed by atoms with Crippen molar-refractivity contribution in [2.24, 2.45) is 5.73 Å². The quantitative estimate of drug-likeness (QED) is 0.588. The minimum Gasteiger partial charge on any atom is -0.392 e. The van der Waals surface area contributed by atoms with E-state index < -0.39 is 6.10 Å². The van der Waals surface area contributed by atoms with Gasteiger partial charge in [-0.1, -0.05) is 12.8 Å². The number of unbranched alkanes of at least 4 members (excludes halogenated alkanes) is 3. The number of rotatable bonds is 8. The number of likely N-dealkylation sites (N-methyl/N-ethyl adjacent to an activating group) is 1. The zero-order chi connectivity index (χ0) is 11.7. The Morgan fingerprint density at radius 3 is 2.47 bits per heavy atom. The van der Waals surface area contributed by atoms with Crippen LogP contribution in [0.15, 0.2) is 0 Å². The predicted molar refractivity (Wildman–Crippen MR) is 61.5 cm³/mol. The molecule has 0 aliphatic heterocycles. The number of nitrogens with zero attached hydrogens (tertiary/aromatic N) is 1. The summed E-state index contributed by atoms with van der Waals surface area (Å²) in [7, 11) is 1.73. The number of amides is 1. The van der Waals surface area contributed by atoms with Gasteiger partial charge in [-0.15, -0.1) is 0 Å². The fourth-order valence-electron chi connectivity index (χ4n) is 1.46. The highest BCUT2D eigenvalue weighted by molar-refractivity contribution is 5.75. The molecule has 0 saturated carbocycles. The smallest absolute Gasteiger partial charge is 0.222 e. The van der Waals surface area contributed by atoms with E-state index in [9.17, 15) is 4.79 Å². The summed E-state index contributed by atoms with van der Waals surface area (Å²) in [5.41, 5.74) is 5.37. The minimum absolute atomic E-state index is 0.114. The molecule has 0 aliphatic rings. The third kappa shape index (κ3) is 8.39. The summed E-state index contributed by atoms with van der Waals surface area (Å²) in [4.78, 5) is 13.1. The van der Waals surface area contributed by atoms with Crippen LogP contribution in [0.1, 0.15) is 39.0 Å². The molecule has 0 fully saturated rings. The highest BCUT2D eigenvalue weighted by Gasteiger charge is 2.09. The Balaban J connectivity index is 3.47. The standard InChI is InChI=1S/C11H24N2O2/c1-10(14)9-13(2)11(15)7-5-3-4-6-8-12/h10,14H,3-9,12H2,1-2H3. The molecule has 4 heteroatoms. The van der Waals surface area contributed by atoms with Crippen LogP contribution in [0.2, 0.25) is 0 Å². The van der Waals surface area contributed by atoms with Gasteiger partial charge in [0.1, 0.15) is 0 Å². The first-order valence-electron chi connectivity index (χ1n) is 5.70. The summed E-state index contributed by atoms with van der Waals surface area (Å²) >= 11 is 0. The molecular weight excluding hydrogens is 192 g/mol. The van der Waals surface area contributed by atoms with Crippen molar-refractivity contribution in [3.05, 3.63) is 0 Å². The van der Waals surface area contributed by atoms with Gasteiger partial charge in [0.15, 0.2) is 0 Å². The summed E-state index contributed by atoms with van der Waals surface area (Å²) in [6.07, 6.45) is 4.25. The van der Waals surface area contributed by atoms with Gasteiger partial charge < -0.3 is 15.7 Å². The van der Waals surface area contributed by atoms with Crippen molar-refractivity contribution >= 4 is 5.91 Å². The van der Waals surface area contributed by atoms with Crippen LogP contribution in [0, 0.1) is 0 Å². The van der Waals surface area contributed by atoms with E-state index in [-0.39, 0.29) is 5.91 Å². The molecule has 0 rings (SSSR count). The molecule has 0 spiro atoms. The van der Waals surface area contributed by atoms with E-state index in [0.29, 0.717) is 13.0 Å². The van der Waals surface area contributed by atoms with Gasteiger partial charge in [-0.3, -0.25) is 4.79 Å². The topological polar surface area (TPSA) is 66.6 Å². The van der Waals surface area contributed by atoms with Gasteiger partial charge in [0.05, 0.1) is 6.10 Å². The zero-order valence-electron chi connectivity index (χ0n) is 9.91. The summed E-state index contributed by atoms with van der Waals surface area (Å²) < 4.78 is 0. The molecule has 0 heterocycles. The Bertz CT molecular complexity index is 172. The summed E-state index contributed by atoms with van der Waals surface area (Å²) in [6.45, 7) is 2.84. The first kappa shape index (κ1) is 14.4. The molecule has 0 aliphatic carbocycles. The number of aliphatic hydroxyl groups is 1.